The van der Waals surface area contributed by atoms with Gasteiger partial charge in [0, 0.05) is 18.2 Å². The van der Waals surface area contributed by atoms with E-state index in [9.17, 15) is 45.6 Å². The lowest BCUT2D eigenvalue weighted by atomic mass is 9.99. The lowest BCUT2D eigenvalue weighted by Gasteiger charge is -2.39. The maximum Gasteiger partial charge on any atom is 0.402 e. The van der Waals surface area contributed by atoms with E-state index < -0.39 is 54.8 Å². The lowest BCUT2D eigenvalue weighted by Crippen LogP contribution is -3.00. The number of carboxylic acid groups (broad SMARTS) is 1. The van der Waals surface area contributed by atoms with Crippen LogP contribution in [0, 0.1) is 0 Å². The van der Waals surface area contributed by atoms with Crippen molar-refractivity contribution in [1.82, 2.24) is 0 Å². The zero-order chi connectivity index (χ0) is 31.6. The Morgan fingerprint density at radius 3 is 2.00 bits per heavy atom. The van der Waals surface area contributed by atoms with Gasteiger partial charge in [0.05, 0.1) is 23.8 Å². The normalized spacial score (nSPS) is 21.0. The van der Waals surface area contributed by atoms with Crippen LogP contribution >= 0.6 is 0 Å². The Morgan fingerprint density at radius 1 is 0.773 bits per heavy atom. The number of benzene rings is 3. The minimum atomic E-state index is -1.71. The van der Waals surface area contributed by atoms with E-state index in [0.717, 1.165) is 18.2 Å². The number of aromatic hydroxyl groups is 6. The van der Waals surface area contributed by atoms with Crippen LogP contribution in [-0.2, 0) is 4.74 Å². The second kappa shape index (κ2) is 13.7. The molecule has 16 heteroatoms. The summed E-state index contributed by atoms with van der Waals surface area (Å²) >= 11 is 0. The van der Waals surface area contributed by atoms with E-state index in [4.69, 9.17) is 29.2 Å². The molecule has 0 saturated carbocycles. The van der Waals surface area contributed by atoms with Gasteiger partial charge in [-0.15, -0.1) is 0 Å². The molecular formula is C28H27ClO15. The highest BCUT2D eigenvalue weighted by Crippen LogP contribution is 2.42. The molecule has 3 aromatic carbocycles. The zero-order valence-electron chi connectivity index (χ0n) is 22.2. The third-order valence-electron chi connectivity index (χ3n) is 6.37. The molecule has 0 bridgehead atoms. The van der Waals surface area contributed by atoms with Crippen molar-refractivity contribution < 1.29 is 87.3 Å². The number of fused-ring (bicyclic) bond motifs is 1. The van der Waals surface area contributed by atoms with Crippen molar-refractivity contribution in [3.05, 3.63) is 60.2 Å². The number of halogens is 1. The molecule has 2 heterocycles. The van der Waals surface area contributed by atoms with Crippen LogP contribution < -0.4 is 17.1 Å². The largest absolute Gasteiger partial charge is 1.00 e. The molecule has 0 aliphatic carbocycles. The minimum absolute atomic E-state index is 0. The molecule has 0 radical (unpaired) electrons. The Balaban J connectivity index is 0.000000374. The quantitative estimate of drug-likeness (QED) is 0.0848. The second-order valence-corrected chi connectivity index (χ2v) is 9.34. The maximum absolute atomic E-state index is 10.3. The molecule has 0 amide bonds. The molecule has 4 aromatic rings. The van der Waals surface area contributed by atoms with Crippen molar-refractivity contribution in [2.45, 2.75) is 30.7 Å². The van der Waals surface area contributed by atoms with Crippen molar-refractivity contribution >= 4 is 16.9 Å². The lowest BCUT2D eigenvalue weighted by molar-refractivity contribution is -0.277. The first-order valence-corrected chi connectivity index (χ1v) is 12.4. The first kappa shape index (κ1) is 33.7. The van der Waals surface area contributed by atoms with Crippen molar-refractivity contribution in [2.75, 3.05) is 6.61 Å². The number of hydrogen-bond acceptors (Lipinski definition) is 13. The number of carbonyl (C=O) groups is 1. The molecule has 0 unspecified atom stereocenters. The highest BCUT2D eigenvalue weighted by atomic mass is 35.5. The average molecular weight is 639 g/mol. The standard InChI is InChI=1S/C21H20O11.C7H6O4.ClH/c22-7-16-17(27)18(28)19(29)21(32-16)31-15-6-10-12(25)4-9(23)5-14(10)30-20(15)8-1-2-11(24)13(26)3-8;8-5-2-1-4(7(10)11)3-6(5)9;/h1-6,16-19,21-22,27-29H,7H2,(H3-,23,24,25,26);1-3,8-9H,(H,10,11);1H/t16-,17-,18+,19-,21-;;/m1../s1. The van der Waals surface area contributed by atoms with E-state index in [1.165, 1.54) is 36.4 Å². The van der Waals surface area contributed by atoms with Gasteiger partial charge in [0.25, 0.3) is 0 Å². The molecule has 1 aliphatic rings. The van der Waals surface area contributed by atoms with Gasteiger partial charge in [-0.2, -0.15) is 0 Å². The molecule has 5 atom stereocenters. The smallest absolute Gasteiger partial charge is 0.402 e. The molecule has 1 aliphatic heterocycles. The van der Waals surface area contributed by atoms with Gasteiger partial charge in [0.2, 0.25) is 12.0 Å². The number of aliphatic hydroxyl groups is 4. The van der Waals surface area contributed by atoms with Crippen LogP contribution in [0.5, 0.6) is 40.2 Å². The number of rotatable bonds is 5. The van der Waals surface area contributed by atoms with E-state index in [-0.39, 0.29) is 69.0 Å². The van der Waals surface area contributed by atoms with Crippen molar-refractivity contribution in [3.8, 4) is 51.6 Å². The fourth-order valence-corrected chi connectivity index (χ4v) is 4.08. The molecule has 1 aromatic heterocycles. The number of hydrogen-bond donors (Lipinski definition) is 11. The third kappa shape index (κ3) is 7.05. The molecule has 15 nitrogen and oxygen atoms in total. The predicted octanol–water partition coefficient (Wildman–Crippen LogP) is -1.82. The van der Waals surface area contributed by atoms with E-state index in [1.54, 1.807) is 0 Å². The van der Waals surface area contributed by atoms with Crippen LogP contribution in [0.1, 0.15) is 10.4 Å². The van der Waals surface area contributed by atoms with Crippen molar-refractivity contribution in [2.24, 2.45) is 0 Å². The van der Waals surface area contributed by atoms with Gasteiger partial charge in [-0.25, -0.2) is 9.21 Å². The summed E-state index contributed by atoms with van der Waals surface area (Å²) in [6.45, 7) is -0.661. The topological polar surface area (TPSA) is 269 Å². The van der Waals surface area contributed by atoms with Gasteiger partial charge >= 0.3 is 17.3 Å². The van der Waals surface area contributed by atoms with E-state index in [2.05, 4.69) is 0 Å². The molecule has 11 N–H and O–H groups in total. The maximum atomic E-state index is 10.3. The van der Waals surface area contributed by atoms with Gasteiger partial charge in [-0.05, 0) is 30.3 Å². The van der Waals surface area contributed by atoms with Gasteiger partial charge in [0.15, 0.2) is 23.0 Å². The van der Waals surface area contributed by atoms with Crippen molar-refractivity contribution in [3.63, 3.8) is 0 Å². The zero-order valence-corrected chi connectivity index (χ0v) is 23.0. The summed E-state index contributed by atoms with van der Waals surface area (Å²) in [5.41, 5.74) is 0.205. The number of aliphatic hydroxyl groups excluding tert-OH is 4. The Kier molecular flexibility index (Phi) is 10.5. The highest BCUT2D eigenvalue weighted by molar-refractivity contribution is 5.89. The van der Waals surface area contributed by atoms with Crippen LogP contribution in [0.4, 0.5) is 0 Å². The monoisotopic (exact) mass is 638 g/mol. The van der Waals surface area contributed by atoms with Gasteiger partial charge in [-0.3, -0.25) is 0 Å². The molecule has 1 saturated heterocycles. The van der Waals surface area contributed by atoms with E-state index in [1.807, 2.05) is 0 Å². The highest BCUT2D eigenvalue weighted by Gasteiger charge is 2.45. The Hall–Kier alpha value is -4.77. The Bertz CT molecular complexity index is 1640. The SMILES string of the molecule is O=C(O)c1ccc(O)c(O)c1.OC[C@H]1O[C@@H](Oc2cc3c(O)cc(O)cc3[o+]c2-c2ccc(O)c(O)c2)[C@H](O)[C@@H](O)[C@@H]1O.[Cl-]. The first-order chi connectivity index (χ1) is 20.3. The van der Waals surface area contributed by atoms with Crippen molar-refractivity contribution in [1.29, 1.82) is 0 Å². The summed E-state index contributed by atoms with van der Waals surface area (Å²) in [4.78, 5) is 10.3. The average Bonchev–Trinajstić information content (AvgIpc) is 2.96. The number of carboxylic acids is 1. The molecule has 236 valence electrons. The fourth-order valence-electron chi connectivity index (χ4n) is 4.08. The first-order valence-electron chi connectivity index (χ1n) is 12.4. The number of phenolic OH excluding ortho intramolecular Hbond substituents is 6. The minimum Gasteiger partial charge on any atom is -1.00 e. The van der Waals surface area contributed by atoms with Crippen LogP contribution in [-0.4, -0.2) is 99.5 Å². The van der Waals surface area contributed by atoms with Crippen LogP contribution in [0.15, 0.2) is 59.0 Å². The third-order valence-corrected chi connectivity index (χ3v) is 6.37. The van der Waals surface area contributed by atoms with Gasteiger partial charge in [0.1, 0.15) is 41.3 Å². The Labute approximate surface area is 253 Å². The predicted molar refractivity (Wildman–Crippen MR) is 144 cm³/mol. The van der Waals surface area contributed by atoms with E-state index >= 15 is 0 Å². The molecular weight excluding hydrogens is 612 g/mol. The summed E-state index contributed by atoms with van der Waals surface area (Å²) in [7, 11) is 0. The Morgan fingerprint density at radius 2 is 1.41 bits per heavy atom. The fraction of sp³-hybridized carbons (Fsp3) is 0.214. The number of phenols is 6. The van der Waals surface area contributed by atoms with Crippen LogP contribution in [0.25, 0.3) is 22.3 Å². The summed E-state index contributed by atoms with van der Waals surface area (Å²) in [5, 5.41) is 105. The summed E-state index contributed by atoms with van der Waals surface area (Å²) in [6, 6.07) is 10.7. The van der Waals surface area contributed by atoms with Crippen LogP contribution in [0.3, 0.4) is 0 Å². The summed E-state index contributed by atoms with van der Waals surface area (Å²) in [5.74, 6) is -3.53. The summed E-state index contributed by atoms with van der Waals surface area (Å²) in [6.07, 6.45) is -7.76. The molecule has 0 spiro atoms. The molecule has 1 fully saturated rings. The summed E-state index contributed by atoms with van der Waals surface area (Å²) < 4.78 is 16.8. The molecule has 44 heavy (non-hydrogen) atoms. The molecule has 5 rings (SSSR count). The van der Waals surface area contributed by atoms with E-state index in [0.29, 0.717) is 0 Å². The second-order valence-electron chi connectivity index (χ2n) is 9.34. The van der Waals surface area contributed by atoms with Gasteiger partial charge in [-0.1, -0.05) is 0 Å². The van der Waals surface area contributed by atoms with Gasteiger partial charge < -0.3 is 78.1 Å². The number of ether oxygens (including phenoxy) is 2. The number of aromatic carboxylic acids is 1. The van der Waals surface area contributed by atoms with Crippen LogP contribution in [0.2, 0.25) is 0 Å².